The van der Waals surface area contributed by atoms with Crippen LogP contribution in [0.3, 0.4) is 0 Å². The normalized spacial score (nSPS) is 17.3. The molecular weight excluding hydrogens is 703 g/mol. The molecule has 0 N–H and O–H groups in total. The Labute approximate surface area is 321 Å². The third-order valence-electron chi connectivity index (χ3n) is 10.1. The Bertz CT molecular complexity index is 1520. The molecule has 1 atom stereocenters. The summed E-state index contributed by atoms with van der Waals surface area (Å²) in [5.74, 6) is 0.550. The van der Waals surface area contributed by atoms with Gasteiger partial charge in [0.05, 0.1) is 0 Å². The van der Waals surface area contributed by atoms with Gasteiger partial charge in [0.25, 0.3) is 0 Å². The summed E-state index contributed by atoms with van der Waals surface area (Å²) in [6, 6.07) is 21.5. The van der Waals surface area contributed by atoms with Crippen molar-refractivity contribution in [1.29, 1.82) is 0 Å². The first-order chi connectivity index (χ1) is 21.5. The predicted molar refractivity (Wildman–Crippen MR) is 197 cm³/mol. The minimum absolute atomic E-state index is 0. The molecule has 0 aromatic heterocycles. The van der Waals surface area contributed by atoms with E-state index in [2.05, 4.69) is 149 Å². The maximum Gasteiger partial charge on any atom is -0.0129 e. The maximum atomic E-state index is 3.69. The molecule has 3 aromatic carbocycles. The van der Waals surface area contributed by atoms with E-state index in [0.29, 0.717) is 11.3 Å². The van der Waals surface area contributed by atoms with Gasteiger partial charge in [0.2, 0.25) is 0 Å². The minimum atomic E-state index is 0. The SMILES string of the molecule is CC1[C-]=CC(C2(C)CCCCC2)=C1.CC[C](=[Zr+2])c1ccccc1.Cc1[c-]c2c(cc1C(C)(C)C)-c1cc(C(C)(C)C)c(C)cc1C2.[Cl-].[Cl-]. The van der Waals surface area contributed by atoms with E-state index in [1.807, 2.05) is 0 Å². The van der Waals surface area contributed by atoms with Crippen LogP contribution in [0, 0.1) is 37.3 Å². The molecule has 1 fully saturated rings. The second kappa shape index (κ2) is 17.6. The van der Waals surface area contributed by atoms with Crippen molar-refractivity contribution in [1.82, 2.24) is 0 Å². The van der Waals surface area contributed by atoms with Crippen LogP contribution >= 0.6 is 0 Å². The van der Waals surface area contributed by atoms with Crippen LogP contribution in [0.5, 0.6) is 0 Å². The molecule has 1 unspecified atom stereocenters. The number of rotatable bonds is 3. The van der Waals surface area contributed by atoms with Gasteiger partial charge in [-0.2, -0.15) is 29.3 Å². The zero-order valence-electron chi connectivity index (χ0n) is 31.6. The zero-order chi connectivity index (χ0) is 33.9. The number of aryl methyl sites for hydroxylation is 2. The monoisotopic (exact) mass is 758 g/mol. The summed E-state index contributed by atoms with van der Waals surface area (Å²) in [5.41, 5.74) is 15.1. The Hall–Kier alpha value is -1.53. The molecular formula is C45H58Cl2Zr-2. The van der Waals surface area contributed by atoms with E-state index in [1.54, 1.807) is 8.78 Å². The second-order valence-electron chi connectivity index (χ2n) is 16.2. The van der Waals surface area contributed by atoms with Gasteiger partial charge in [-0.05, 0) is 35.4 Å². The molecule has 0 bridgehead atoms. The summed E-state index contributed by atoms with van der Waals surface area (Å²) in [6.45, 7) is 25.1. The third-order valence-corrected chi connectivity index (χ3v) is 11.7. The standard InChI is InChI=1S/C23H29.C13H19.C9H10.2ClH.Zr/c1-14-9-16-11-17-10-15(2)21(23(6,7)8)13-19(17)18(16)12-20(14)22(3,4)5;1-11-6-7-12(10-11)13(2)8-4-3-5-9-13;1-2-6-9-7-4-3-5-8-9;;;/h9,12-13H,11H2,1-8H3;7,10-11H,3-5,8-9H2,1-2H3;3-5,7-8H,2H2,1H3;2*1H;/q2*-1;;;;+2/p-2. The largest absolute Gasteiger partial charge is 1.00 e. The molecule has 0 saturated heterocycles. The molecule has 1 saturated carbocycles. The zero-order valence-corrected chi connectivity index (χ0v) is 35.5. The molecule has 6 rings (SSSR count). The van der Waals surface area contributed by atoms with Crippen LogP contribution in [-0.2, 0) is 41.5 Å². The van der Waals surface area contributed by atoms with Gasteiger partial charge < -0.3 is 24.8 Å². The quantitative estimate of drug-likeness (QED) is 0.214. The summed E-state index contributed by atoms with van der Waals surface area (Å²) < 4.78 is 1.55. The van der Waals surface area contributed by atoms with Crippen molar-refractivity contribution >= 4 is 3.21 Å². The van der Waals surface area contributed by atoms with Crippen LogP contribution in [0.4, 0.5) is 0 Å². The minimum Gasteiger partial charge on any atom is -1.00 e. The molecule has 0 nitrogen and oxygen atoms in total. The van der Waals surface area contributed by atoms with Gasteiger partial charge in [-0.1, -0.05) is 129 Å². The fraction of sp³-hybridized carbons (Fsp3) is 0.489. The van der Waals surface area contributed by atoms with Gasteiger partial charge in [-0.3, -0.25) is 6.08 Å². The molecule has 258 valence electrons. The summed E-state index contributed by atoms with van der Waals surface area (Å²) in [6.07, 6.45) is 17.2. The average Bonchev–Trinajstić information content (AvgIpc) is 3.59. The van der Waals surface area contributed by atoms with E-state index in [0.717, 1.165) is 6.42 Å². The molecule has 0 radical (unpaired) electrons. The molecule has 3 heteroatoms. The fourth-order valence-corrected chi connectivity index (χ4v) is 7.86. The van der Waals surface area contributed by atoms with E-state index in [1.165, 1.54) is 113 Å². The molecule has 3 aromatic rings. The molecule has 0 amide bonds. The van der Waals surface area contributed by atoms with Gasteiger partial charge in [0, 0.05) is 0 Å². The van der Waals surface area contributed by atoms with Crippen molar-refractivity contribution in [2.45, 2.75) is 132 Å². The maximum absolute atomic E-state index is 3.69. The Balaban J connectivity index is 0.000000272. The first kappa shape index (κ1) is 42.6. The average molecular weight is 761 g/mol. The first-order valence-electron chi connectivity index (χ1n) is 17.7. The van der Waals surface area contributed by atoms with E-state index < -0.39 is 0 Å². The van der Waals surface area contributed by atoms with Gasteiger partial charge in [-0.25, -0.2) is 6.08 Å². The number of halogens is 2. The van der Waals surface area contributed by atoms with E-state index in [9.17, 15) is 0 Å². The summed E-state index contributed by atoms with van der Waals surface area (Å²) in [5, 5.41) is 0. The van der Waals surface area contributed by atoms with Gasteiger partial charge in [0.1, 0.15) is 0 Å². The van der Waals surface area contributed by atoms with E-state index in [4.69, 9.17) is 0 Å². The number of fused-ring (bicyclic) bond motifs is 3. The summed E-state index contributed by atoms with van der Waals surface area (Å²) in [4.78, 5) is 0. The predicted octanol–water partition coefficient (Wildman–Crippen LogP) is 6.33. The Kier molecular flexibility index (Phi) is 15.6. The van der Waals surface area contributed by atoms with Crippen molar-refractivity contribution in [2.24, 2.45) is 11.3 Å². The summed E-state index contributed by atoms with van der Waals surface area (Å²) >= 11 is 1.54. The molecule has 0 spiro atoms. The van der Waals surface area contributed by atoms with Crippen LogP contribution < -0.4 is 24.8 Å². The van der Waals surface area contributed by atoms with Crippen molar-refractivity contribution in [3.63, 3.8) is 0 Å². The number of hydrogen-bond donors (Lipinski definition) is 0. The van der Waals surface area contributed by atoms with Gasteiger partial charge in [-0.15, -0.1) is 16.7 Å². The van der Waals surface area contributed by atoms with Gasteiger partial charge in [0.15, 0.2) is 0 Å². The van der Waals surface area contributed by atoms with Crippen LogP contribution in [0.15, 0.2) is 66.3 Å². The van der Waals surface area contributed by atoms with Crippen LogP contribution in [-0.4, -0.2) is 3.21 Å². The Morgan fingerprint density at radius 2 is 1.44 bits per heavy atom. The van der Waals surface area contributed by atoms with E-state index in [-0.39, 0.29) is 35.6 Å². The topological polar surface area (TPSA) is 0 Å². The Morgan fingerprint density at radius 1 is 0.854 bits per heavy atom. The summed E-state index contributed by atoms with van der Waals surface area (Å²) in [7, 11) is 0. The van der Waals surface area contributed by atoms with Crippen molar-refractivity contribution in [2.75, 3.05) is 0 Å². The van der Waals surface area contributed by atoms with Crippen molar-refractivity contribution in [3.05, 3.63) is 117 Å². The van der Waals surface area contributed by atoms with Crippen molar-refractivity contribution < 1.29 is 49.0 Å². The Morgan fingerprint density at radius 3 is 1.96 bits per heavy atom. The first-order valence-corrected chi connectivity index (χ1v) is 18.9. The molecule has 48 heavy (non-hydrogen) atoms. The smallest absolute Gasteiger partial charge is 0.0129 e. The molecule has 3 aliphatic carbocycles. The van der Waals surface area contributed by atoms with E-state index >= 15 is 0 Å². The number of benzene rings is 3. The van der Waals surface area contributed by atoms with Crippen LogP contribution in [0.1, 0.15) is 140 Å². The molecule has 0 aliphatic heterocycles. The second-order valence-corrected chi connectivity index (χ2v) is 17.7. The fourth-order valence-electron chi connectivity index (χ4n) is 7.45. The third kappa shape index (κ3) is 10.5. The van der Waals surface area contributed by atoms with Crippen LogP contribution in [0.2, 0.25) is 0 Å². The number of hydrogen-bond acceptors (Lipinski definition) is 0. The molecule has 0 heterocycles. The van der Waals surface area contributed by atoms with Crippen molar-refractivity contribution in [3.8, 4) is 11.1 Å². The van der Waals surface area contributed by atoms with Crippen LogP contribution in [0.25, 0.3) is 11.1 Å². The number of allylic oxidation sites excluding steroid dienone is 4. The van der Waals surface area contributed by atoms with Gasteiger partial charge >= 0.3 is 76.7 Å². The molecule has 3 aliphatic rings.